The molecular formula is C14H19FN4OS. The van der Waals surface area contributed by atoms with Crippen LogP contribution in [0.15, 0.2) is 34.2 Å². The third-order valence-electron chi connectivity index (χ3n) is 3.31. The maximum atomic E-state index is 13.5. The van der Waals surface area contributed by atoms with Crippen LogP contribution in [0, 0.1) is 5.82 Å². The smallest absolute Gasteiger partial charge is 0.326 e. The standard InChI is InChI=1S/C14H19FN4OS/c1-3-11(16)12(9-6-5-7-10(15)8-9)21-14-18-17-13(20)19(14)4-2/h5-8,11-12H,3-4,16H2,1-2H3,(H,17,20). The molecule has 2 rings (SSSR count). The Labute approximate surface area is 126 Å². The van der Waals surface area contributed by atoms with E-state index in [1.54, 1.807) is 10.6 Å². The molecule has 0 saturated carbocycles. The molecule has 0 fully saturated rings. The second kappa shape index (κ2) is 6.91. The van der Waals surface area contributed by atoms with E-state index in [9.17, 15) is 9.18 Å². The van der Waals surface area contributed by atoms with Gasteiger partial charge in [-0.1, -0.05) is 30.8 Å². The first-order valence-corrected chi connectivity index (χ1v) is 7.77. The molecule has 7 heteroatoms. The van der Waals surface area contributed by atoms with Crippen LogP contribution in [-0.4, -0.2) is 20.8 Å². The Morgan fingerprint density at radius 1 is 1.48 bits per heavy atom. The van der Waals surface area contributed by atoms with Crippen molar-refractivity contribution in [2.75, 3.05) is 0 Å². The topological polar surface area (TPSA) is 76.7 Å². The Morgan fingerprint density at radius 3 is 2.86 bits per heavy atom. The Balaban J connectivity index is 2.35. The van der Waals surface area contributed by atoms with Crippen molar-refractivity contribution in [3.63, 3.8) is 0 Å². The number of aromatic amines is 1. The zero-order chi connectivity index (χ0) is 15.4. The molecule has 0 spiro atoms. The largest absolute Gasteiger partial charge is 0.343 e. The van der Waals surface area contributed by atoms with E-state index in [1.165, 1.54) is 23.9 Å². The average Bonchev–Trinajstić information content (AvgIpc) is 2.83. The Kier molecular flexibility index (Phi) is 5.19. The van der Waals surface area contributed by atoms with Gasteiger partial charge in [-0.3, -0.25) is 4.57 Å². The quantitative estimate of drug-likeness (QED) is 0.803. The van der Waals surface area contributed by atoms with E-state index in [0.29, 0.717) is 11.7 Å². The summed E-state index contributed by atoms with van der Waals surface area (Å²) in [5.41, 5.74) is 6.73. The highest BCUT2D eigenvalue weighted by atomic mass is 32.2. The Hall–Kier alpha value is -1.60. The minimum atomic E-state index is -0.295. The molecule has 1 heterocycles. The molecule has 2 aromatic rings. The number of halogens is 1. The molecule has 0 aliphatic rings. The Morgan fingerprint density at radius 2 is 2.24 bits per heavy atom. The number of nitrogens with one attached hydrogen (secondary N) is 1. The fraction of sp³-hybridized carbons (Fsp3) is 0.429. The van der Waals surface area contributed by atoms with Crippen LogP contribution < -0.4 is 11.4 Å². The van der Waals surface area contributed by atoms with Crippen molar-refractivity contribution in [3.05, 3.63) is 46.1 Å². The van der Waals surface area contributed by atoms with Crippen molar-refractivity contribution < 1.29 is 4.39 Å². The number of H-pyrrole nitrogens is 1. The normalized spacial score (nSPS) is 14.1. The van der Waals surface area contributed by atoms with Crippen molar-refractivity contribution >= 4 is 11.8 Å². The van der Waals surface area contributed by atoms with Crippen LogP contribution in [0.1, 0.15) is 31.1 Å². The van der Waals surface area contributed by atoms with Gasteiger partial charge in [-0.05, 0) is 31.0 Å². The van der Waals surface area contributed by atoms with E-state index in [0.717, 1.165) is 12.0 Å². The molecule has 21 heavy (non-hydrogen) atoms. The summed E-state index contributed by atoms with van der Waals surface area (Å²) in [6.07, 6.45) is 0.745. The highest BCUT2D eigenvalue weighted by Crippen LogP contribution is 2.36. The third-order valence-corrected chi connectivity index (χ3v) is 4.71. The summed E-state index contributed by atoms with van der Waals surface area (Å²) in [5, 5.41) is 6.87. The van der Waals surface area contributed by atoms with Gasteiger partial charge in [0.15, 0.2) is 5.16 Å². The zero-order valence-electron chi connectivity index (χ0n) is 12.0. The molecule has 2 atom stereocenters. The van der Waals surface area contributed by atoms with Crippen LogP contribution in [0.25, 0.3) is 0 Å². The molecule has 3 N–H and O–H groups in total. The van der Waals surface area contributed by atoms with Gasteiger partial charge in [0, 0.05) is 12.6 Å². The van der Waals surface area contributed by atoms with E-state index in [1.807, 2.05) is 19.9 Å². The summed E-state index contributed by atoms with van der Waals surface area (Å²) in [7, 11) is 0. The SMILES string of the molecule is CCC(N)C(Sc1n[nH]c(=O)n1CC)c1cccc(F)c1. The molecular weight excluding hydrogens is 291 g/mol. The number of hydrogen-bond acceptors (Lipinski definition) is 4. The van der Waals surface area contributed by atoms with E-state index in [2.05, 4.69) is 10.2 Å². The molecule has 0 amide bonds. The number of rotatable bonds is 6. The molecule has 5 nitrogen and oxygen atoms in total. The van der Waals surface area contributed by atoms with Crippen LogP contribution in [0.3, 0.4) is 0 Å². The molecule has 0 aliphatic heterocycles. The lowest BCUT2D eigenvalue weighted by Crippen LogP contribution is -2.26. The highest BCUT2D eigenvalue weighted by Gasteiger charge is 2.23. The first kappa shape index (κ1) is 15.8. The van der Waals surface area contributed by atoms with Gasteiger partial charge in [0.25, 0.3) is 0 Å². The number of aromatic nitrogens is 3. The van der Waals surface area contributed by atoms with E-state index in [-0.39, 0.29) is 22.8 Å². The second-order valence-electron chi connectivity index (χ2n) is 4.72. The number of nitrogens with zero attached hydrogens (tertiary/aromatic N) is 2. The van der Waals surface area contributed by atoms with Crippen molar-refractivity contribution in [1.29, 1.82) is 0 Å². The van der Waals surface area contributed by atoms with Gasteiger partial charge in [0.2, 0.25) is 0 Å². The van der Waals surface area contributed by atoms with Crippen molar-refractivity contribution in [3.8, 4) is 0 Å². The molecule has 1 aromatic heterocycles. The highest BCUT2D eigenvalue weighted by molar-refractivity contribution is 7.99. The van der Waals surface area contributed by atoms with Gasteiger partial charge in [0.1, 0.15) is 5.82 Å². The van der Waals surface area contributed by atoms with Gasteiger partial charge in [-0.15, -0.1) is 5.10 Å². The summed E-state index contributed by atoms with van der Waals surface area (Å²) >= 11 is 1.38. The van der Waals surface area contributed by atoms with Crippen molar-refractivity contribution in [2.45, 2.75) is 43.3 Å². The second-order valence-corrected chi connectivity index (χ2v) is 5.83. The molecule has 1 aromatic carbocycles. The fourth-order valence-corrected chi connectivity index (χ4v) is 3.40. The zero-order valence-corrected chi connectivity index (χ0v) is 12.9. The fourth-order valence-electron chi connectivity index (χ4n) is 2.09. The van der Waals surface area contributed by atoms with Gasteiger partial charge in [-0.25, -0.2) is 14.3 Å². The van der Waals surface area contributed by atoms with Crippen LogP contribution >= 0.6 is 11.8 Å². The molecule has 0 aliphatic carbocycles. The molecule has 0 saturated heterocycles. The maximum absolute atomic E-state index is 13.5. The van der Waals surface area contributed by atoms with Crippen LogP contribution in [0.4, 0.5) is 4.39 Å². The van der Waals surface area contributed by atoms with Crippen LogP contribution in [0.2, 0.25) is 0 Å². The Bertz CT molecular complexity index is 654. The molecule has 114 valence electrons. The summed E-state index contributed by atoms with van der Waals surface area (Å²) in [4.78, 5) is 11.6. The summed E-state index contributed by atoms with van der Waals surface area (Å²) in [6.45, 7) is 4.38. The third kappa shape index (κ3) is 3.54. The minimum Gasteiger partial charge on any atom is -0.326 e. The molecule has 2 unspecified atom stereocenters. The lowest BCUT2D eigenvalue weighted by Gasteiger charge is -2.22. The lowest BCUT2D eigenvalue weighted by atomic mass is 10.0. The summed E-state index contributed by atoms with van der Waals surface area (Å²) in [5.74, 6) is -0.295. The summed E-state index contributed by atoms with van der Waals surface area (Å²) < 4.78 is 15.0. The average molecular weight is 310 g/mol. The van der Waals surface area contributed by atoms with E-state index >= 15 is 0 Å². The molecule has 0 radical (unpaired) electrons. The maximum Gasteiger partial charge on any atom is 0.343 e. The number of hydrogen-bond donors (Lipinski definition) is 2. The van der Waals surface area contributed by atoms with E-state index in [4.69, 9.17) is 5.73 Å². The minimum absolute atomic E-state index is 0.158. The summed E-state index contributed by atoms with van der Waals surface area (Å²) in [6, 6.07) is 6.23. The van der Waals surface area contributed by atoms with Crippen LogP contribution in [-0.2, 0) is 6.54 Å². The lowest BCUT2D eigenvalue weighted by molar-refractivity contribution is 0.605. The first-order valence-electron chi connectivity index (χ1n) is 6.89. The van der Waals surface area contributed by atoms with E-state index < -0.39 is 0 Å². The van der Waals surface area contributed by atoms with Crippen LogP contribution in [0.5, 0.6) is 0 Å². The number of benzene rings is 1. The molecule has 0 bridgehead atoms. The predicted octanol–water partition coefficient (Wildman–Crippen LogP) is 2.30. The monoisotopic (exact) mass is 310 g/mol. The first-order chi connectivity index (χ1) is 10.1. The van der Waals surface area contributed by atoms with Crippen molar-refractivity contribution in [2.24, 2.45) is 5.73 Å². The number of nitrogens with two attached hydrogens (primary N) is 1. The van der Waals surface area contributed by atoms with Gasteiger partial charge in [0.05, 0.1) is 5.25 Å². The van der Waals surface area contributed by atoms with Gasteiger partial charge in [-0.2, -0.15) is 0 Å². The van der Waals surface area contributed by atoms with Gasteiger partial charge < -0.3 is 5.73 Å². The van der Waals surface area contributed by atoms with Crippen molar-refractivity contribution in [1.82, 2.24) is 14.8 Å². The predicted molar refractivity (Wildman–Crippen MR) is 81.8 cm³/mol. The van der Waals surface area contributed by atoms with Gasteiger partial charge >= 0.3 is 5.69 Å². The number of thioether (sulfide) groups is 1.